The zero-order valence-corrected chi connectivity index (χ0v) is 15.6. The third-order valence-corrected chi connectivity index (χ3v) is 4.15. The Morgan fingerprint density at radius 3 is 2.50 bits per heavy atom. The second-order valence-corrected chi connectivity index (χ2v) is 6.32. The molecule has 0 radical (unpaired) electrons. The summed E-state index contributed by atoms with van der Waals surface area (Å²) in [7, 11) is 1.62. The monoisotopic (exact) mass is 378 g/mol. The van der Waals surface area contributed by atoms with Crippen LogP contribution in [0.4, 0.5) is 5.69 Å². The van der Waals surface area contributed by atoms with Gasteiger partial charge in [-0.25, -0.2) is 0 Å². The highest BCUT2D eigenvalue weighted by Gasteiger charge is 2.23. The summed E-state index contributed by atoms with van der Waals surface area (Å²) in [6.45, 7) is 0.451. The van der Waals surface area contributed by atoms with Crippen LogP contribution < -0.4 is 10.6 Å². The highest BCUT2D eigenvalue weighted by molar-refractivity contribution is 6.00. The van der Waals surface area contributed by atoms with Gasteiger partial charge in [0.2, 0.25) is 5.91 Å². The number of ether oxygens (including phenoxy) is 1. The Balaban J connectivity index is 1.75. The van der Waals surface area contributed by atoms with Gasteiger partial charge in [0.05, 0.1) is 12.9 Å². The smallest absolute Gasteiger partial charge is 0.287 e. The topological polar surface area (TPSA) is 80.6 Å². The largest absolute Gasteiger partial charge is 0.459 e. The Hall–Kier alpha value is -3.38. The maximum absolute atomic E-state index is 12.9. The van der Waals surface area contributed by atoms with Gasteiger partial charge >= 0.3 is 0 Å². The molecule has 6 nitrogen and oxygen atoms in total. The number of rotatable bonds is 8. The van der Waals surface area contributed by atoms with Crippen LogP contribution in [0, 0.1) is 0 Å². The SMILES string of the molecule is COCc1cccc(NC(=O)C(Cc2ccccc2)NC(=O)c2ccco2)c1. The summed E-state index contributed by atoms with van der Waals surface area (Å²) in [5.74, 6) is -0.583. The highest BCUT2D eigenvalue weighted by atomic mass is 16.5. The van der Waals surface area contributed by atoms with Crippen molar-refractivity contribution in [1.29, 1.82) is 0 Å². The number of nitrogens with one attached hydrogen (secondary N) is 2. The Morgan fingerprint density at radius 2 is 1.79 bits per heavy atom. The van der Waals surface area contributed by atoms with Crippen LogP contribution in [-0.4, -0.2) is 25.0 Å². The summed E-state index contributed by atoms with van der Waals surface area (Å²) in [5, 5.41) is 5.63. The van der Waals surface area contributed by atoms with E-state index in [-0.39, 0.29) is 11.7 Å². The van der Waals surface area contributed by atoms with Gasteiger partial charge in [0.15, 0.2) is 5.76 Å². The van der Waals surface area contributed by atoms with Crippen molar-refractivity contribution in [2.24, 2.45) is 0 Å². The molecule has 1 atom stereocenters. The number of furan rings is 1. The lowest BCUT2D eigenvalue weighted by Gasteiger charge is -2.18. The lowest BCUT2D eigenvalue weighted by atomic mass is 10.0. The summed E-state index contributed by atoms with van der Waals surface area (Å²) >= 11 is 0. The Kier molecular flexibility index (Phi) is 6.59. The number of amides is 2. The number of carbonyl (C=O) groups excluding carboxylic acids is 2. The minimum Gasteiger partial charge on any atom is -0.459 e. The van der Waals surface area contributed by atoms with Crippen molar-refractivity contribution in [2.75, 3.05) is 12.4 Å². The van der Waals surface area contributed by atoms with Crippen LogP contribution in [0.3, 0.4) is 0 Å². The zero-order chi connectivity index (χ0) is 19.8. The number of anilines is 1. The standard InChI is InChI=1S/C22H22N2O4/c1-27-15-17-9-5-10-18(13-17)23-21(25)19(14-16-7-3-2-4-8-16)24-22(26)20-11-6-12-28-20/h2-13,19H,14-15H2,1H3,(H,23,25)(H,24,26). The summed E-state index contributed by atoms with van der Waals surface area (Å²) in [4.78, 5) is 25.3. The molecule has 0 spiro atoms. The van der Waals surface area contributed by atoms with E-state index in [0.29, 0.717) is 18.7 Å². The van der Waals surface area contributed by atoms with E-state index < -0.39 is 11.9 Å². The van der Waals surface area contributed by atoms with Gasteiger partial charge in [-0.05, 0) is 35.4 Å². The van der Waals surface area contributed by atoms with Crippen LogP contribution in [0.2, 0.25) is 0 Å². The van der Waals surface area contributed by atoms with Crippen LogP contribution in [0.15, 0.2) is 77.4 Å². The fourth-order valence-electron chi connectivity index (χ4n) is 2.83. The molecular formula is C22H22N2O4. The van der Waals surface area contributed by atoms with E-state index in [1.807, 2.05) is 48.5 Å². The van der Waals surface area contributed by atoms with E-state index in [1.54, 1.807) is 25.3 Å². The molecule has 2 aromatic carbocycles. The molecule has 1 heterocycles. The molecule has 28 heavy (non-hydrogen) atoms. The first-order valence-corrected chi connectivity index (χ1v) is 8.93. The van der Waals surface area contributed by atoms with Gasteiger partial charge in [0.25, 0.3) is 5.91 Å². The molecular weight excluding hydrogens is 356 g/mol. The van der Waals surface area contributed by atoms with Crippen molar-refractivity contribution in [3.63, 3.8) is 0 Å². The Morgan fingerprint density at radius 1 is 1.00 bits per heavy atom. The van der Waals surface area contributed by atoms with Crippen LogP contribution >= 0.6 is 0 Å². The molecule has 0 saturated heterocycles. The van der Waals surface area contributed by atoms with Crippen molar-refractivity contribution in [3.05, 3.63) is 89.9 Å². The molecule has 2 amide bonds. The predicted octanol–water partition coefficient (Wildman–Crippen LogP) is 3.41. The second kappa shape index (κ2) is 9.53. The van der Waals surface area contributed by atoms with E-state index in [4.69, 9.17) is 9.15 Å². The summed E-state index contributed by atoms with van der Waals surface area (Å²) < 4.78 is 10.3. The summed E-state index contributed by atoms with van der Waals surface area (Å²) in [5.41, 5.74) is 2.53. The molecule has 3 rings (SSSR count). The molecule has 1 unspecified atom stereocenters. The second-order valence-electron chi connectivity index (χ2n) is 6.32. The quantitative estimate of drug-likeness (QED) is 0.629. The van der Waals surface area contributed by atoms with Crippen molar-refractivity contribution < 1.29 is 18.7 Å². The average Bonchev–Trinajstić information content (AvgIpc) is 3.24. The van der Waals surface area contributed by atoms with E-state index in [9.17, 15) is 9.59 Å². The van der Waals surface area contributed by atoms with E-state index in [0.717, 1.165) is 11.1 Å². The van der Waals surface area contributed by atoms with Crippen LogP contribution in [0.25, 0.3) is 0 Å². The number of carbonyl (C=O) groups is 2. The zero-order valence-electron chi connectivity index (χ0n) is 15.6. The van der Waals surface area contributed by atoms with Crippen LogP contribution in [-0.2, 0) is 22.6 Å². The van der Waals surface area contributed by atoms with Crippen molar-refractivity contribution >= 4 is 17.5 Å². The molecule has 0 aliphatic carbocycles. The molecule has 0 aliphatic heterocycles. The molecule has 1 aromatic heterocycles. The summed E-state index contributed by atoms with van der Waals surface area (Å²) in [6.07, 6.45) is 1.78. The molecule has 144 valence electrons. The number of benzene rings is 2. The van der Waals surface area contributed by atoms with E-state index in [2.05, 4.69) is 10.6 Å². The van der Waals surface area contributed by atoms with Gasteiger partial charge in [-0.3, -0.25) is 9.59 Å². The molecule has 3 aromatic rings. The predicted molar refractivity (Wildman–Crippen MR) is 106 cm³/mol. The molecule has 0 fully saturated rings. The van der Waals surface area contributed by atoms with Crippen molar-refractivity contribution in [2.45, 2.75) is 19.1 Å². The number of methoxy groups -OCH3 is 1. The maximum atomic E-state index is 12.9. The average molecular weight is 378 g/mol. The molecule has 6 heteroatoms. The Labute approximate surface area is 163 Å². The first-order chi connectivity index (χ1) is 13.7. The number of hydrogen-bond donors (Lipinski definition) is 2. The Bertz CT molecular complexity index is 907. The van der Waals surface area contributed by atoms with Gasteiger partial charge < -0.3 is 19.8 Å². The van der Waals surface area contributed by atoms with Gasteiger partial charge in [-0.1, -0.05) is 42.5 Å². The van der Waals surface area contributed by atoms with E-state index >= 15 is 0 Å². The lowest BCUT2D eigenvalue weighted by Crippen LogP contribution is -2.45. The van der Waals surface area contributed by atoms with Crippen LogP contribution in [0.5, 0.6) is 0 Å². The fourth-order valence-corrected chi connectivity index (χ4v) is 2.83. The maximum Gasteiger partial charge on any atom is 0.287 e. The molecule has 0 aliphatic rings. The number of hydrogen-bond acceptors (Lipinski definition) is 4. The normalized spacial score (nSPS) is 11.6. The highest BCUT2D eigenvalue weighted by Crippen LogP contribution is 2.13. The minimum atomic E-state index is -0.758. The lowest BCUT2D eigenvalue weighted by molar-refractivity contribution is -0.118. The third kappa shape index (κ3) is 5.31. The van der Waals surface area contributed by atoms with Gasteiger partial charge in [-0.2, -0.15) is 0 Å². The van der Waals surface area contributed by atoms with Gasteiger partial charge in [0.1, 0.15) is 6.04 Å². The fraction of sp³-hybridized carbons (Fsp3) is 0.182. The van der Waals surface area contributed by atoms with Gasteiger partial charge in [-0.15, -0.1) is 0 Å². The first kappa shape index (κ1) is 19.4. The van der Waals surface area contributed by atoms with Gasteiger partial charge in [0, 0.05) is 19.2 Å². The van der Waals surface area contributed by atoms with Crippen LogP contribution in [0.1, 0.15) is 21.7 Å². The molecule has 2 N–H and O–H groups in total. The summed E-state index contributed by atoms with van der Waals surface area (Å²) in [6, 6.07) is 19.4. The third-order valence-electron chi connectivity index (χ3n) is 4.15. The molecule has 0 saturated carbocycles. The van der Waals surface area contributed by atoms with Crippen molar-refractivity contribution in [3.8, 4) is 0 Å². The first-order valence-electron chi connectivity index (χ1n) is 8.93. The van der Waals surface area contributed by atoms with Crippen molar-refractivity contribution in [1.82, 2.24) is 5.32 Å². The molecule has 0 bridgehead atoms. The minimum absolute atomic E-state index is 0.160. The van der Waals surface area contributed by atoms with E-state index in [1.165, 1.54) is 6.26 Å².